The second kappa shape index (κ2) is 9.46. The quantitative estimate of drug-likeness (QED) is 0.164. The summed E-state index contributed by atoms with van der Waals surface area (Å²) in [6.07, 6.45) is 2.80. The molecular weight excluding hydrogens is 405 g/mol. The Morgan fingerprint density at radius 3 is 2.41 bits per heavy atom. The Morgan fingerprint density at radius 2 is 1.81 bits per heavy atom. The highest BCUT2D eigenvalue weighted by Gasteiger charge is 2.56. The molecule has 0 spiro atoms. The Labute approximate surface area is 192 Å². The Bertz CT molecular complexity index is 840. The van der Waals surface area contributed by atoms with Gasteiger partial charge in [-0.05, 0) is 75.7 Å². The Balaban J connectivity index is 1.69. The molecule has 1 aliphatic heterocycles. The zero-order valence-electron chi connectivity index (χ0n) is 20.2. The summed E-state index contributed by atoms with van der Waals surface area (Å²) in [6, 6.07) is 9.56. The Morgan fingerprint density at radius 1 is 1.19 bits per heavy atom. The molecular formula is C24H36BN3O4. The van der Waals surface area contributed by atoms with E-state index in [0.29, 0.717) is 6.42 Å². The summed E-state index contributed by atoms with van der Waals surface area (Å²) in [5.74, 6) is -0.00947. The van der Waals surface area contributed by atoms with Crippen LogP contribution in [-0.4, -0.2) is 29.8 Å². The number of carbonyl (C=O) groups excluding carboxylic acids is 1. The van der Waals surface area contributed by atoms with Gasteiger partial charge in [0.25, 0.3) is 0 Å². The third kappa shape index (κ3) is 4.83. The number of carbonyl (C=O) groups is 1. The van der Waals surface area contributed by atoms with E-state index in [0.717, 1.165) is 24.7 Å². The number of ether oxygens (including phenoxy) is 1. The van der Waals surface area contributed by atoms with Crippen LogP contribution in [0.2, 0.25) is 6.32 Å². The predicted molar refractivity (Wildman–Crippen MR) is 125 cm³/mol. The lowest BCUT2D eigenvalue weighted by atomic mass is 9.75. The predicted octanol–water partition coefficient (Wildman–Crippen LogP) is 5.94. The van der Waals surface area contributed by atoms with Crippen LogP contribution in [0.4, 0.5) is 0 Å². The summed E-state index contributed by atoms with van der Waals surface area (Å²) >= 11 is 0. The molecule has 32 heavy (non-hydrogen) atoms. The first-order valence-corrected chi connectivity index (χ1v) is 11.7. The largest absolute Gasteiger partial charge is 0.460 e. The van der Waals surface area contributed by atoms with Crippen molar-refractivity contribution in [3.8, 4) is 0 Å². The molecule has 2 aliphatic rings. The SMILES string of the molecule is C[C@@H]1[C@H](C)C[C@@](N=[N+]=[N-])(C(=O)OCc2ccccc2)[C@H]1CCCB1OC(C)(C)C(C)(C)O1. The number of benzene rings is 1. The minimum absolute atomic E-state index is 0.0842. The van der Waals surface area contributed by atoms with E-state index in [1.165, 1.54) is 0 Å². The minimum Gasteiger partial charge on any atom is -0.460 e. The molecule has 1 saturated carbocycles. The Hall–Kier alpha value is -2.02. The van der Waals surface area contributed by atoms with Crippen molar-refractivity contribution in [1.82, 2.24) is 0 Å². The monoisotopic (exact) mass is 441 g/mol. The number of azide groups is 1. The lowest BCUT2D eigenvalue weighted by molar-refractivity contribution is -0.153. The van der Waals surface area contributed by atoms with Gasteiger partial charge in [0, 0.05) is 4.91 Å². The van der Waals surface area contributed by atoms with E-state index >= 15 is 0 Å². The number of hydrogen-bond donors (Lipinski definition) is 0. The lowest BCUT2D eigenvalue weighted by Crippen LogP contribution is -2.42. The fourth-order valence-electron chi connectivity index (χ4n) is 5.07. The van der Waals surface area contributed by atoms with Crippen LogP contribution in [0.5, 0.6) is 0 Å². The summed E-state index contributed by atoms with van der Waals surface area (Å²) < 4.78 is 17.9. The fourth-order valence-corrected chi connectivity index (χ4v) is 5.07. The first-order valence-electron chi connectivity index (χ1n) is 11.7. The normalized spacial score (nSPS) is 30.7. The van der Waals surface area contributed by atoms with Gasteiger partial charge in [-0.2, -0.15) is 0 Å². The van der Waals surface area contributed by atoms with Gasteiger partial charge in [-0.15, -0.1) is 0 Å². The van der Waals surface area contributed by atoms with Crippen molar-refractivity contribution in [2.24, 2.45) is 22.9 Å². The van der Waals surface area contributed by atoms with Crippen LogP contribution in [0.1, 0.15) is 66.4 Å². The van der Waals surface area contributed by atoms with Crippen LogP contribution in [0.3, 0.4) is 0 Å². The molecule has 1 heterocycles. The fraction of sp³-hybridized carbons (Fsp3) is 0.708. The smallest absolute Gasteiger partial charge is 0.457 e. The van der Waals surface area contributed by atoms with E-state index in [9.17, 15) is 10.3 Å². The summed E-state index contributed by atoms with van der Waals surface area (Å²) in [4.78, 5) is 16.4. The highest BCUT2D eigenvalue weighted by atomic mass is 16.7. The van der Waals surface area contributed by atoms with Gasteiger partial charge in [-0.1, -0.05) is 55.7 Å². The molecule has 1 aromatic carbocycles. The van der Waals surface area contributed by atoms with Crippen LogP contribution in [0.25, 0.3) is 10.4 Å². The van der Waals surface area contributed by atoms with Gasteiger partial charge in [-0.25, -0.2) is 0 Å². The van der Waals surface area contributed by atoms with Crippen molar-refractivity contribution in [3.63, 3.8) is 0 Å². The van der Waals surface area contributed by atoms with E-state index in [4.69, 9.17) is 14.0 Å². The summed E-state index contributed by atoms with van der Waals surface area (Å²) in [5.41, 5.74) is 8.37. The van der Waals surface area contributed by atoms with E-state index in [2.05, 4.69) is 23.9 Å². The van der Waals surface area contributed by atoms with Crippen LogP contribution >= 0.6 is 0 Å². The highest BCUT2D eigenvalue weighted by Crippen LogP contribution is 2.50. The number of nitrogens with zero attached hydrogens (tertiary/aromatic N) is 3. The molecule has 0 bridgehead atoms. The standard InChI is InChI=1S/C24H36BN3O4/c1-17-15-24(27-28-26,21(29)30-16-19-11-8-7-9-12-19)20(18(17)2)13-10-14-25-31-22(3,4)23(5,6)32-25/h7-9,11-12,17-18,20H,10,13-16H2,1-6H3/t17-,18-,20+,24+/m1/s1. The maximum atomic E-state index is 13.3. The first kappa shape index (κ1) is 24.6. The van der Waals surface area contributed by atoms with Gasteiger partial charge >= 0.3 is 13.1 Å². The summed E-state index contributed by atoms with van der Waals surface area (Å²) in [6.45, 7) is 12.6. The molecule has 8 heteroatoms. The highest BCUT2D eigenvalue weighted by molar-refractivity contribution is 6.45. The molecule has 0 aromatic heterocycles. The zero-order chi connectivity index (χ0) is 23.6. The van der Waals surface area contributed by atoms with Crippen molar-refractivity contribution in [3.05, 3.63) is 46.3 Å². The molecule has 174 valence electrons. The number of esters is 1. The molecule has 0 N–H and O–H groups in total. The van der Waals surface area contributed by atoms with Crippen molar-refractivity contribution in [2.45, 2.75) is 90.5 Å². The van der Waals surface area contributed by atoms with Crippen molar-refractivity contribution in [2.75, 3.05) is 0 Å². The van der Waals surface area contributed by atoms with Gasteiger partial charge in [0.05, 0.1) is 11.2 Å². The summed E-state index contributed by atoms with van der Waals surface area (Å²) in [7, 11) is -0.270. The molecule has 7 nitrogen and oxygen atoms in total. The summed E-state index contributed by atoms with van der Waals surface area (Å²) in [5, 5.41) is 4.09. The molecule has 1 aliphatic carbocycles. The van der Waals surface area contributed by atoms with E-state index in [1.54, 1.807) is 0 Å². The van der Waals surface area contributed by atoms with Crippen LogP contribution < -0.4 is 0 Å². The van der Waals surface area contributed by atoms with Crippen molar-refractivity contribution in [1.29, 1.82) is 0 Å². The molecule has 1 aromatic rings. The maximum Gasteiger partial charge on any atom is 0.457 e. The molecule has 0 radical (unpaired) electrons. The van der Waals surface area contributed by atoms with Gasteiger partial charge < -0.3 is 14.0 Å². The van der Waals surface area contributed by atoms with Crippen molar-refractivity contribution < 1.29 is 18.8 Å². The molecule has 2 fully saturated rings. The van der Waals surface area contributed by atoms with Crippen LogP contribution in [-0.2, 0) is 25.4 Å². The topological polar surface area (TPSA) is 93.5 Å². The van der Waals surface area contributed by atoms with Crippen LogP contribution in [0, 0.1) is 17.8 Å². The third-order valence-corrected chi connectivity index (χ3v) is 7.83. The average molecular weight is 441 g/mol. The van der Waals surface area contributed by atoms with E-state index in [-0.39, 0.29) is 42.7 Å². The van der Waals surface area contributed by atoms with Gasteiger partial charge in [-0.3, -0.25) is 4.79 Å². The van der Waals surface area contributed by atoms with Gasteiger partial charge in [0.2, 0.25) is 0 Å². The van der Waals surface area contributed by atoms with Gasteiger partial charge in [0.1, 0.15) is 12.1 Å². The van der Waals surface area contributed by atoms with Gasteiger partial charge in [0.15, 0.2) is 0 Å². The molecule has 3 rings (SSSR count). The number of rotatable bonds is 8. The molecule has 0 unspecified atom stereocenters. The third-order valence-electron chi connectivity index (χ3n) is 7.83. The maximum absolute atomic E-state index is 13.3. The van der Waals surface area contributed by atoms with E-state index in [1.807, 2.05) is 58.0 Å². The van der Waals surface area contributed by atoms with Crippen LogP contribution in [0.15, 0.2) is 35.4 Å². The average Bonchev–Trinajstić information content (AvgIpc) is 3.10. The molecule has 4 atom stereocenters. The second-order valence-corrected chi connectivity index (χ2v) is 10.4. The second-order valence-electron chi connectivity index (χ2n) is 10.4. The Kier molecular flexibility index (Phi) is 7.28. The lowest BCUT2D eigenvalue weighted by Gasteiger charge is -2.32. The first-order chi connectivity index (χ1) is 15.0. The van der Waals surface area contributed by atoms with E-state index < -0.39 is 11.5 Å². The number of hydrogen-bond acceptors (Lipinski definition) is 5. The minimum atomic E-state index is -1.17. The molecule has 0 amide bonds. The zero-order valence-corrected chi connectivity index (χ0v) is 20.2. The molecule has 1 saturated heterocycles. The van der Waals surface area contributed by atoms with Crippen molar-refractivity contribution >= 4 is 13.1 Å².